The molecule has 7 nitrogen and oxygen atoms in total. The van der Waals surface area contributed by atoms with Crippen LogP contribution in [0, 0.1) is 11.2 Å². The van der Waals surface area contributed by atoms with Crippen LogP contribution in [0.25, 0.3) is 32.2 Å². The number of para-hydroxylation sites is 1. The minimum absolute atomic E-state index is 0.146. The Morgan fingerprint density at radius 3 is 2.67 bits per heavy atom. The summed E-state index contributed by atoms with van der Waals surface area (Å²) in [7, 11) is 0. The van der Waals surface area contributed by atoms with E-state index in [1.807, 2.05) is 30.3 Å². The molecule has 0 radical (unpaired) electrons. The Balaban J connectivity index is 1.46. The molecule has 3 aromatic heterocycles. The van der Waals surface area contributed by atoms with Gasteiger partial charge in [-0.3, -0.25) is 10.2 Å². The second-order valence-electron chi connectivity index (χ2n) is 9.05. The Bertz CT molecular complexity index is 1920. The Labute approximate surface area is 226 Å². The zero-order valence-corrected chi connectivity index (χ0v) is 21.6. The average Bonchev–Trinajstić information content (AvgIpc) is 3.37. The number of aromatic nitrogens is 2. The quantitative estimate of drug-likeness (QED) is 0.203. The molecule has 9 heteroatoms. The van der Waals surface area contributed by atoms with Gasteiger partial charge in [0.15, 0.2) is 0 Å². The molecule has 192 valence electrons. The molecule has 3 aromatic carbocycles. The van der Waals surface area contributed by atoms with Crippen LogP contribution in [-0.4, -0.2) is 15.7 Å². The Kier molecular flexibility index (Phi) is 6.12. The highest BCUT2D eigenvalue weighted by atomic mass is 32.1. The maximum Gasteiger partial charge on any atom is 0.200 e. The van der Waals surface area contributed by atoms with Crippen LogP contribution in [0.3, 0.4) is 0 Å². The number of anilines is 2. The molecule has 0 fully saturated rings. The van der Waals surface area contributed by atoms with Gasteiger partial charge in [-0.05, 0) is 54.3 Å². The van der Waals surface area contributed by atoms with E-state index in [0.717, 1.165) is 10.1 Å². The van der Waals surface area contributed by atoms with E-state index < -0.39 is 11.9 Å². The molecule has 1 atom stereocenters. The van der Waals surface area contributed by atoms with Gasteiger partial charge in [0, 0.05) is 4.70 Å². The maximum absolute atomic E-state index is 14.2. The van der Waals surface area contributed by atoms with E-state index in [-0.39, 0.29) is 22.5 Å². The Morgan fingerprint density at radius 1 is 1.05 bits per heavy atom. The summed E-state index contributed by atoms with van der Waals surface area (Å²) in [5, 5.41) is 13.7. The van der Waals surface area contributed by atoms with E-state index >= 15 is 0 Å². The highest BCUT2D eigenvalue weighted by Gasteiger charge is 2.24. The summed E-state index contributed by atoms with van der Waals surface area (Å²) in [6.07, 6.45) is 1.32. The third kappa shape index (κ3) is 4.42. The van der Waals surface area contributed by atoms with E-state index in [4.69, 9.17) is 15.6 Å². The van der Waals surface area contributed by atoms with Gasteiger partial charge in [0.2, 0.25) is 5.43 Å². The second kappa shape index (κ2) is 9.77. The van der Waals surface area contributed by atoms with Gasteiger partial charge in [0.1, 0.15) is 35.1 Å². The van der Waals surface area contributed by atoms with Gasteiger partial charge < -0.3 is 15.5 Å². The summed E-state index contributed by atoms with van der Waals surface area (Å²) in [6.45, 7) is 1.81. The lowest BCUT2D eigenvalue weighted by atomic mass is 9.99. The van der Waals surface area contributed by atoms with E-state index in [0.29, 0.717) is 38.6 Å². The number of nitrogen functional groups attached to an aromatic ring is 1. The predicted molar refractivity (Wildman–Crippen MR) is 154 cm³/mol. The first-order chi connectivity index (χ1) is 18.9. The molecule has 1 unspecified atom stereocenters. The molecule has 6 aromatic rings. The summed E-state index contributed by atoms with van der Waals surface area (Å²) >= 11 is 1.48. The summed E-state index contributed by atoms with van der Waals surface area (Å²) in [6, 6.07) is 22.0. The van der Waals surface area contributed by atoms with Gasteiger partial charge in [-0.1, -0.05) is 42.5 Å². The third-order valence-corrected chi connectivity index (χ3v) is 7.62. The average molecular weight is 536 g/mol. The first-order valence-electron chi connectivity index (χ1n) is 12.2. The van der Waals surface area contributed by atoms with Crippen molar-refractivity contribution in [1.29, 1.82) is 5.41 Å². The Morgan fingerprint density at radius 2 is 1.85 bits per heavy atom. The van der Waals surface area contributed by atoms with E-state index in [1.54, 1.807) is 43.3 Å². The van der Waals surface area contributed by atoms with Gasteiger partial charge >= 0.3 is 0 Å². The highest BCUT2D eigenvalue weighted by molar-refractivity contribution is 7.21. The van der Waals surface area contributed by atoms with Crippen molar-refractivity contribution in [3.8, 4) is 11.1 Å². The molecule has 0 saturated heterocycles. The molecule has 0 bridgehead atoms. The minimum atomic E-state index is -0.608. The van der Waals surface area contributed by atoms with E-state index in [1.165, 1.54) is 29.8 Å². The van der Waals surface area contributed by atoms with Crippen molar-refractivity contribution in [2.75, 3.05) is 11.1 Å². The van der Waals surface area contributed by atoms with Crippen LogP contribution in [0.4, 0.5) is 16.0 Å². The zero-order valence-electron chi connectivity index (χ0n) is 20.7. The molecule has 0 aliphatic carbocycles. The van der Waals surface area contributed by atoms with Crippen molar-refractivity contribution in [3.05, 3.63) is 117 Å². The summed E-state index contributed by atoms with van der Waals surface area (Å²) < 4.78 is 21.5. The summed E-state index contributed by atoms with van der Waals surface area (Å²) in [5.74, 6) is 0.307. The van der Waals surface area contributed by atoms with Crippen LogP contribution in [0.5, 0.6) is 0 Å². The van der Waals surface area contributed by atoms with Crippen molar-refractivity contribution in [2.24, 2.45) is 0 Å². The number of fused-ring (bicyclic) bond motifs is 2. The summed E-state index contributed by atoms with van der Waals surface area (Å²) in [4.78, 5) is 22.9. The first-order valence-corrected chi connectivity index (χ1v) is 13.0. The van der Waals surface area contributed by atoms with Crippen molar-refractivity contribution in [1.82, 2.24) is 9.97 Å². The predicted octanol–water partition coefficient (Wildman–Crippen LogP) is 6.78. The van der Waals surface area contributed by atoms with Crippen molar-refractivity contribution < 1.29 is 8.81 Å². The fourth-order valence-corrected chi connectivity index (χ4v) is 5.65. The van der Waals surface area contributed by atoms with E-state index in [2.05, 4.69) is 15.3 Å². The largest absolute Gasteiger partial charge is 0.458 e. The van der Waals surface area contributed by atoms with Gasteiger partial charge in [-0.25, -0.2) is 14.4 Å². The molecule has 0 amide bonds. The lowest BCUT2D eigenvalue weighted by molar-refractivity contribution is 0.515. The number of benzene rings is 3. The van der Waals surface area contributed by atoms with E-state index in [9.17, 15) is 9.18 Å². The molecule has 3 heterocycles. The molecule has 39 heavy (non-hydrogen) atoms. The minimum Gasteiger partial charge on any atom is -0.458 e. The fourth-order valence-electron chi connectivity index (χ4n) is 4.64. The number of nitrogens with zero attached hydrogens (tertiary/aromatic N) is 2. The van der Waals surface area contributed by atoms with Crippen LogP contribution >= 0.6 is 11.3 Å². The van der Waals surface area contributed by atoms with Gasteiger partial charge in [-0.2, -0.15) is 0 Å². The third-order valence-electron chi connectivity index (χ3n) is 6.48. The number of hydrogen-bond acceptors (Lipinski definition) is 8. The molecule has 4 N–H and O–H groups in total. The Hall–Kier alpha value is -4.89. The number of thiophene rings is 1. The molecular weight excluding hydrogens is 513 g/mol. The first kappa shape index (κ1) is 24.4. The topological polar surface area (TPSA) is 118 Å². The zero-order chi connectivity index (χ0) is 27.1. The lowest BCUT2D eigenvalue weighted by Crippen LogP contribution is -2.18. The molecule has 0 spiro atoms. The number of hydrogen-bond donors (Lipinski definition) is 3. The van der Waals surface area contributed by atoms with Crippen LogP contribution < -0.4 is 16.5 Å². The SMILES string of the molecule is CC(Nc1ncnc(N)c1C(=N)c1cc2ccccc2s1)c1oc2ccccc2c(=O)c1-c1cccc(F)c1. The van der Waals surface area contributed by atoms with Crippen molar-refractivity contribution >= 4 is 49.7 Å². The maximum atomic E-state index is 14.2. The summed E-state index contributed by atoms with van der Waals surface area (Å²) in [5.41, 5.74) is 7.56. The van der Waals surface area contributed by atoms with Gasteiger partial charge in [0.05, 0.1) is 33.1 Å². The molecule has 0 aliphatic heterocycles. The van der Waals surface area contributed by atoms with Gasteiger partial charge in [-0.15, -0.1) is 11.3 Å². The second-order valence-corrected chi connectivity index (χ2v) is 10.1. The number of nitrogens with two attached hydrogens (primary N) is 1. The van der Waals surface area contributed by atoms with Gasteiger partial charge in [0.25, 0.3) is 0 Å². The fraction of sp³-hybridized carbons (Fsp3) is 0.0667. The number of halogens is 1. The monoisotopic (exact) mass is 535 g/mol. The van der Waals surface area contributed by atoms with Crippen LogP contribution in [0.15, 0.2) is 94.4 Å². The normalized spacial score (nSPS) is 12.1. The van der Waals surface area contributed by atoms with Crippen molar-refractivity contribution in [2.45, 2.75) is 13.0 Å². The van der Waals surface area contributed by atoms with Crippen LogP contribution in [-0.2, 0) is 0 Å². The van der Waals surface area contributed by atoms with Crippen molar-refractivity contribution in [3.63, 3.8) is 0 Å². The standard InChI is InChI=1S/C30H22FN5O2S/c1-16(28-24(18-8-6-9-19(31)13-18)27(37)20-10-3-4-11-21(20)38-28)36-30-25(29(33)34-15-35-30)26(32)23-14-17-7-2-5-12-22(17)39-23/h2-16,32H,1H3,(H3,33,34,35,36). The highest BCUT2D eigenvalue weighted by Crippen LogP contribution is 2.34. The number of nitrogens with one attached hydrogen (secondary N) is 2. The van der Waals surface area contributed by atoms with Crippen LogP contribution in [0.2, 0.25) is 0 Å². The molecule has 0 saturated carbocycles. The number of rotatable bonds is 6. The molecular formula is C30H22FN5O2S. The lowest BCUT2D eigenvalue weighted by Gasteiger charge is -2.20. The smallest absolute Gasteiger partial charge is 0.200 e. The molecule has 0 aliphatic rings. The molecule has 6 rings (SSSR count). The van der Waals surface area contributed by atoms with Crippen LogP contribution in [0.1, 0.15) is 29.2 Å².